The van der Waals surface area contributed by atoms with Crippen LogP contribution in [-0.4, -0.2) is 25.8 Å². The van der Waals surface area contributed by atoms with Crippen molar-refractivity contribution in [1.29, 1.82) is 0 Å². The largest absolute Gasteiger partial charge is 0.481 e. The molecule has 0 aliphatic carbocycles. The second-order valence-corrected chi connectivity index (χ2v) is 4.82. The minimum absolute atomic E-state index is 0.0356. The summed E-state index contributed by atoms with van der Waals surface area (Å²) in [5.41, 5.74) is 1.67. The SMILES string of the molecule is Cc1nc(C(C)C)nn1-c1ccc(CC(=O)O)cc1. The first kappa shape index (κ1) is 13.3. The standard InChI is InChI=1S/C14H17N3O2/c1-9(2)14-15-10(3)17(16-14)12-6-4-11(5-7-12)8-13(18)19/h4-7,9H,8H2,1-3H3,(H,18,19). The molecular weight excluding hydrogens is 242 g/mol. The molecule has 0 spiro atoms. The van der Waals surface area contributed by atoms with Crippen molar-refractivity contribution in [3.8, 4) is 5.69 Å². The van der Waals surface area contributed by atoms with E-state index >= 15 is 0 Å². The van der Waals surface area contributed by atoms with E-state index in [-0.39, 0.29) is 12.3 Å². The van der Waals surface area contributed by atoms with Crippen LogP contribution in [0.3, 0.4) is 0 Å². The summed E-state index contributed by atoms with van der Waals surface area (Å²) in [6.45, 7) is 6.01. The molecule has 0 unspecified atom stereocenters. The third kappa shape index (κ3) is 2.99. The molecule has 5 nitrogen and oxygen atoms in total. The Balaban J connectivity index is 2.29. The van der Waals surface area contributed by atoms with Gasteiger partial charge in [0.15, 0.2) is 5.82 Å². The van der Waals surface area contributed by atoms with E-state index in [1.165, 1.54) is 0 Å². The number of hydrogen-bond donors (Lipinski definition) is 1. The fraction of sp³-hybridized carbons (Fsp3) is 0.357. The first-order chi connectivity index (χ1) is 8.97. The first-order valence-corrected chi connectivity index (χ1v) is 6.22. The average molecular weight is 259 g/mol. The van der Waals surface area contributed by atoms with Crippen LogP contribution in [0.1, 0.15) is 37.0 Å². The van der Waals surface area contributed by atoms with Gasteiger partial charge in [0, 0.05) is 5.92 Å². The lowest BCUT2D eigenvalue weighted by Gasteiger charge is -2.04. The fourth-order valence-electron chi connectivity index (χ4n) is 1.83. The molecule has 0 atom stereocenters. The molecule has 0 radical (unpaired) electrons. The van der Waals surface area contributed by atoms with Gasteiger partial charge in [-0.1, -0.05) is 26.0 Å². The zero-order valence-electron chi connectivity index (χ0n) is 11.3. The van der Waals surface area contributed by atoms with Crippen LogP contribution in [0.25, 0.3) is 5.69 Å². The van der Waals surface area contributed by atoms with Crippen molar-refractivity contribution in [2.24, 2.45) is 0 Å². The Bertz CT molecular complexity index is 585. The zero-order chi connectivity index (χ0) is 14.0. The highest BCUT2D eigenvalue weighted by Gasteiger charge is 2.10. The van der Waals surface area contributed by atoms with E-state index in [4.69, 9.17) is 5.11 Å². The summed E-state index contributed by atoms with van der Waals surface area (Å²) < 4.78 is 1.78. The van der Waals surface area contributed by atoms with Gasteiger partial charge in [0.2, 0.25) is 0 Å². The van der Waals surface area contributed by atoms with Crippen molar-refractivity contribution >= 4 is 5.97 Å². The third-order valence-corrected chi connectivity index (χ3v) is 2.84. The van der Waals surface area contributed by atoms with Crippen LogP contribution in [0.2, 0.25) is 0 Å². The molecule has 2 aromatic rings. The second kappa shape index (κ2) is 5.22. The summed E-state index contributed by atoms with van der Waals surface area (Å²) in [4.78, 5) is 15.0. The van der Waals surface area contributed by atoms with Gasteiger partial charge in [0.25, 0.3) is 0 Å². The van der Waals surface area contributed by atoms with Gasteiger partial charge in [-0.3, -0.25) is 4.79 Å². The number of nitrogens with zero attached hydrogens (tertiary/aromatic N) is 3. The number of carbonyl (C=O) groups is 1. The maximum Gasteiger partial charge on any atom is 0.307 e. The quantitative estimate of drug-likeness (QED) is 0.915. The van der Waals surface area contributed by atoms with E-state index < -0.39 is 5.97 Å². The van der Waals surface area contributed by atoms with Crippen molar-refractivity contribution in [3.05, 3.63) is 41.5 Å². The molecular formula is C14H17N3O2. The molecule has 1 heterocycles. The smallest absolute Gasteiger partial charge is 0.307 e. The lowest BCUT2D eigenvalue weighted by Crippen LogP contribution is -2.02. The molecule has 0 fully saturated rings. The van der Waals surface area contributed by atoms with Gasteiger partial charge in [-0.15, -0.1) is 0 Å². The molecule has 0 bridgehead atoms. The maximum atomic E-state index is 10.6. The lowest BCUT2D eigenvalue weighted by molar-refractivity contribution is -0.136. The molecule has 0 aliphatic heterocycles. The highest BCUT2D eigenvalue weighted by molar-refractivity contribution is 5.70. The van der Waals surface area contributed by atoms with Crippen molar-refractivity contribution < 1.29 is 9.90 Å². The Morgan fingerprint density at radius 1 is 1.32 bits per heavy atom. The molecule has 5 heteroatoms. The van der Waals surface area contributed by atoms with Crippen molar-refractivity contribution in [1.82, 2.24) is 14.8 Å². The van der Waals surface area contributed by atoms with E-state index in [2.05, 4.69) is 23.9 Å². The number of aromatic nitrogens is 3. The van der Waals surface area contributed by atoms with Gasteiger partial charge < -0.3 is 5.11 Å². The van der Waals surface area contributed by atoms with Crippen molar-refractivity contribution in [2.45, 2.75) is 33.1 Å². The van der Waals surface area contributed by atoms with Gasteiger partial charge in [0.1, 0.15) is 5.82 Å². The van der Waals surface area contributed by atoms with Crippen molar-refractivity contribution in [3.63, 3.8) is 0 Å². The number of benzene rings is 1. The highest BCUT2D eigenvalue weighted by atomic mass is 16.4. The minimum atomic E-state index is -0.827. The van der Waals surface area contributed by atoms with E-state index in [1.807, 2.05) is 19.1 Å². The minimum Gasteiger partial charge on any atom is -0.481 e. The highest BCUT2D eigenvalue weighted by Crippen LogP contribution is 2.15. The zero-order valence-corrected chi connectivity index (χ0v) is 11.3. The van der Waals surface area contributed by atoms with E-state index in [0.717, 1.165) is 22.9 Å². The van der Waals surface area contributed by atoms with E-state index in [1.54, 1.807) is 16.8 Å². The number of rotatable bonds is 4. The summed E-state index contributed by atoms with van der Waals surface area (Å²) in [5.74, 6) is 1.10. The average Bonchev–Trinajstić information content (AvgIpc) is 2.72. The predicted molar refractivity (Wildman–Crippen MR) is 71.5 cm³/mol. The molecule has 0 amide bonds. The van der Waals surface area contributed by atoms with Gasteiger partial charge in [-0.05, 0) is 24.6 Å². The number of aliphatic carboxylic acids is 1. The Morgan fingerprint density at radius 3 is 2.42 bits per heavy atom. The van der Waals surface area contributed by atoms with E-state index in [9.17, 15) is 4.79 Å². The summed E-state index contributed by atoms with van der Waals surface area (Å²) in [6.07, 6.45) is 0.0356. The van der Waals surface area contributed by atoms with Gasteiger partial charge in [-0.2, -0.15) is 5.10 Å². The number of carboxylic acid groups (broad SMARTS) is 1. The van der Waals surface area contributed by atoms with Crippen LogP contribution in [-0.2, 0) is 11.2 Å². The molecule has 100 valence electrons. The summed E-state index contributed by atoms with van der Waals surface area (Å²) in [6, 6.07) is 7.34. The third-order valence-electron chi connectivity index (χ3n) is 2.84. The topological polar surface area (TPSA) is 68.0 Å². The van der Waals surface area contributed by atoms with E-state index in [0.29, 0.717) is 0 Å². The summed E-state index contributed by atoms with van der Waals surface area (Å²) in [7, 11) is 0. The number of hydrogen-bond acceptors (Lipinski definition) is 3. The molecule has 0 saturated heterocycles. The molecule has 1 aromatic carbocycles. The van der Waals surface area contributed by atoms with Crippen LogP contribution in [0.4, 0.5) is 0 Å². The van der Waals surface area contributed by atoms with Gasteiger partial charge in [-0.25, -0.2) is 9.67 Å². The first-order valence-electron chi connectivity index (χ1n) is 6.22. The number of aryl methyl sites for hydroxylation is 1. The lowest BCUT2D eigenvalue weighted by atomic mass is 10.1. The van der Waals surface area contributed by atoms with Crippen LogP contribution >= 0.6 is 0 Å². The number of carboxylic acids is 1. The molecule has 0 saturated carbocycles. The normalized spacial score (nSPS) is 10.9. The van der Waals surface area contributed by atoms with Crippen LogP contribution in [0.15, 0.2) is 24.3 Å². The van der Waals surface area contributed by atoms with Gasteiger partial charge in [0.05, 0.1) is 12.1 Å². The second-order valence-electron chi connectivity index (χ2n) is 4.82. The predicted octanol–water partition coefficient (Wildman–Crippen LogP) is 2.33. The Kier molecular flexibility index (Phi) is 3.64. The molecule has 0 aliphatic rings. The Hall–Kier alpha value is -2.17. The summed E-state index contributed by atoms with van der Waals surface area (Å²) >= 11 is 0. The molecule has 1 N–H and O–H groups in total. The van der Waals surface area contributed by atoms with Crippen LogP contribution in [0, 0.1) is 6.92 Å². The molecule has 1 aromatic heterocycles. The Labute approximate surface area is 111 Å². The van der Waals surface area contributed by atoms with Crippen LogP contribution < -0.4 is 0 Å². The van der Waals surface area contributed by atoms with Crippen molar-refractivity contribution in [2.75, 3.05) is 0 Å². The summed E-state index contributed by atoms with van der Waals surface area (Å²) in [5, 5.41) is 13.2. The van der Waals surface area contributed by atoms with Crippen LogP contribution in [0.5, 0.6) is 0 Å². The molecule has 2 rings (SSSR count). The molecule has 19 heavy (non-hydrogen) atoms. The Morgan fingerprint density at radius 2 is 1.95 bits per heavy atom. The maximum absolute atomic E-state index is 10.6. The van der Waals surface area contributed by atoms with Gasteiger partial charge >= 0.3 is 5.97 Å². The fourth-order valence-corrected chi connectivity index (χ4v) is 1.83. The monoisotopic (exact) mass is 259 g/mol.